The van der Waals surface area contributed by atoms with E-state index in [9.17, 15) is 9.59 Å². The molecule has 4 aromatic rings. The predicted molar refractivity (Wildman–Crippen MR) is 151 cm³/mol. The molecular weight excluding hydrogens is 600 g/mol. The van der Waals surface area contributed by atoms with Gasteiger partial charge in [0.2, 0.25) is 0 Å². The number of benzene rings is 3. The number of amides is 2. The number of nitrogens with zero attached hydrogens (tertiary/aromatic N) is 2. The van der Waals surface area contributed by atoms with E-state index in [0.717, 1.165) is 14.8 Å². The molecule has 1 aromatic heterocycles. The molecule has 0 spiro atoms. The van der Waals surface area contributed by atoms with E-state index in [1.165, 1.54) is 7.11 Å². The zero-order chi connectivity index (χ0) is 27.0. The van der Waals surface area contributed by atoms with Crippen molar-refractivity contribution in [2.24, 2.45) is 5.73 Å². The summed E-state index contributed by atoms with van der Waals surface area (Å²) in [6, 6.07) is 16.2. The van der Waals surface area contributed by atoms with E-state index in [4.69, 9.17) is 10.5 Å². The van der Waals surface area contributed by atoms with Crippen molar-refractivity contribution in [1.82, 2.24) is 15.1 Å². The summed E-state index contributed by atoms with van der Waals surface area (Å²) in [6.07, 6.45) is 0.692. The minimum absolute atomic E-state index is 0.111. The van der Waals surface area contributed by atoms with Crippen molar-refractivity contribution < 1.29 is 18.7 Å². The van der Waals surface area contributed by atoms with Gasteiger partial charge in [-0.1, -0.05) is 18.2 Å². The highest BCUT2D eigenvalue weighted by Crippen LogP contribution is 2.36. The lowest BCUT2D eigenvalue weighted by Gasteiger charge is -2.13. The second kappa shape index (κ2) is 10.4. The van der Waals surface area contributed by atoms with Gasteiger partial charge in [0.05, 0.1) is 12.7 Å². The number of aryl methyl sites for hydroxylation is 2. The number of nitrogens with one attached hydrogen (secondary N) is 2. The van der Waals surface area contributed by atoms with Crippen molar-refractivity contribution in [3.05, 3.63) is 91.8 Å². The van der Waals surface area contributed by atoms with E-state index < -0.39 is 11.7 Å². The molecule has 0 radical (unpaired) electrons. The lowest BCUT2D eigenvalue weighted by molar-refractivity contribution is 0.0946. The molecular formula is C28H25FIN5O3. The van der Waals surface area contributed by atoms with Crippen molar-refractivity contribution in [2.75, 3.05) is 12.4 Å². The van der Waals surface area contributed by atoms with E-state index in [2.05, 4.69) is 44.4 Å². The fraction of sp³-hybridized carbons (Fsp3) is 0.179. The minimum Gasteiger partial charge on any atom is -0.496 e. The summed E-state index contributed by atoms with van der Waals surface area (Å²) in [5.74, 6) is -0.667. The first-order valence-electron chi connectivity index (χ1n) is 11.9. The van der Waals surface area contributed by atoms with E-state index >= 15 is 4.39 Å². The summed E-state index contributed by atoms with van der Waals surface area (Å²) in [7, 11) is 1.50. The molecule has 194 valence electrons. The molecule has 2 amide bonds. The largest absolute Gasteiger partial charge is 0.496 e. The van der Waals surface area contributed by atoms with Gasteiger partial charge in [-0.05, 0) is 89.0 Å². The van der Waals surface area contributed by atoms with Crippen LogP contribution in [0.3, 0.4) is 0 Å². The molecule has 0 saturated heterocycles. The molecule has 38 heavy (non-hydrogen) atoms. The Bertz CT molecular complexity index is 1580. The molecule has 4 N–H and O–H groups in total. The number of hydrogen-bond donors (Lipinski definition) is 3. The Hall–Kier alpha value is -3.93. The lowest BCUT2D eigenvalue weighted by atomic mass is 9.99. The smallest absolute Gasteiger partial charge is 0.255 e. The van der Waals surface area contributed by atoms with Crippen LogP contribution in [0.15, 0.2) is 54.6 Å². The summed E-state index contributed by atoms with van der Waals surface area (Å²) >= 11 is 2.26. The lowest BCUT2D eigenvalue weighted by Crippen LogP contribution is -2.24. The number of fused-ring (bicyclic) bond motifs is 2. The van der Waals surface area contributed by atoms with E-state index in [0.29, 0.717) is 41.2 Å². The zero-order valence-corrected chi connectivity index (χ0v) is 22.9. The zero-order valence-electron chi connectivity index (χ0n) is 20.8. The molecule has 0 fully saturated rings. The molecule has 0 bridgehead atoms. The van der Waals surface area contributed by atoms with Crippen molar-refractivity contribution in [3.63, 3.8) is 0 Å². The number of anilines is 2. The van der Waals surface area contributed by atoms with Crippen LogP contribution in [0.2, 0.25) is 0 Å². The number of carbonyl (C=O) groups is 2. The van der Waals surface area contributed by atoms with E-state index in [1.807, 2.05) is 12.1 Å². The average molecular weight is 625 g/mol. The van der Waals surface area contributed by atoms with Crippen LogP contribution in [-0.4, -0.2) is 28.7 Å². The summed E-state index contributed by atoms with van der Waals surface area (Å²) < 4.78 is 23.8. The maximum Gasteiger partial charge on any atom is 0.255 e. The fourth-order valence-electron chi connectivity index (χ4n) is 4.62. The molecule has 5 rings (SSSR count). The number of carbonyl (C=O) groups excluding carboxylic acids is 2. The molecule has 10 heteroatoms. The number of ether oxygens (including phenoxy) is 1. The van der Waals surface area contributed by atoms with Gasteiger partial charge in [0.15, 0.2) is 0 Å². The van der Waals surface area contributed by atoms with Gasteiger partial charge in [-0.15, -0.1) is 0 Å². The van der Waals surface area contributed by atoms with Crippen LogP contribution in [0.1, 0.15) is 37.4 Å². The first-order chi connectivity index (χ1) is 18.3. The first-order valence-corrected chi connectivity index (χ1v) is 13.0. The third-order valence-corrected chi connectivity index (χ3v) is 7.33. The first kappa shape index (κ1) is 25.7. The topological polar surface area (TPSA) is 111 Å². The Morgan fingerprint density at radius 3 is 2.76 bits per heavy atom. The van der Waals surface area contributed by atoms with Crippen LogP contribution >= 0.6 is 22.6 Å². The van der Waals surface area contributed by atoms with Gasteiger partial charge in [-0.3, -0.25) is 9.59 Å². The third-order valence-electron chi connectivity index (χ3n) is 6.66. The number of primary amides is 1. The van der Waals surface area contributed by atoms with Crippen LogP contribution in [0.4, 0.5) is 15.9 Å². The summed E-state index contributed by atoms with van der Waals surface area (Å²) in [4.78, 5) is 25.3. The number of halogens is 2. The van der Waals surface area contributed by atoms with Crippen molar-refractivity contribution >= 4 is 45.9 Å². The molecule has 8 nitrogen and oxygen atoms in total. The highest BCUT2D eigenvalue weighted by molar-refractivity contribution is 14.1. The summed E-state index contributed by atoms with van der Waals surface area (Å²) in [5, 5.41) is 10.7. The Labute approximate surface area is 232 Å². The molecule has 0 unspecified atom stereocenters. The van der Waals surface area contributed by atoms with Crippen LogP contribution < -0.4 is 21.1 Å². The highest BCUT2D eigenvalue weighted by atomic mass is 127. The Morgan fingerprint density at radius 2 is 2.00 bits per heavy atom. The van der Waals surface area contributed by atoms with Gasteiger partial charge >= 0.3 is 0 Å². The van der Waals surface area contributed by atoms with Crippen LogP contribution in [-0.2, 0) is 19.5 Å². The van der Waals surface area contributed by atoms with Crippen molar-refractivity contribution in [3.8, 4) is 17.0 Å². The molecule has 2 heterocycles. The van der Waals surface area contributed by atoms with Crippen molar-refractivity contribution in [1.29, 1.82) is 0 Å². The van der Waals surface area contributed by atoms with Gasteiger partial charge in [0, 0.05) is 27.9 Å². The molecule has 0 atom stereocenters. The van der Waals surface area contributed by atoms with Crippen LogP contribution in [0.5, 0.6) is 5.75 Å². The van der Waals surface area contributed by atoms with Gasteiger partial charge in [0.1, 0.15) is 28.6 Å². The fourth-order valence-corrected chi connectivity index (χ4v) is 5.18. The number of hydrogen-bond acceptors (Lipinski definition) is 5. The van der Waals surface area contributed by atoms with E-state index in [1.54, 1.807) is 48.0 Å². The molecule has 1 aliphatic heterocycles. The second-order valence-electron chi connectivity index (χ2n) is 8.93. The van der Waals surface area contributed by atoms with Gasteiger partial charge in [-0.2, -0.15) is 5.10 Å². The molecule has 1 aliphatic rings. The van der Waals surface area contributed by atoms with Gasteiger partial charge in [-0.25, -0.2) is 9.07 Å². The molecule has 0 saturated carbocycles. The third kappa shape index (κ3) is 4.71. The average Bonchev–Trinajstić information content (AvgIpc) is 3.17. The number of aromatic nitrogens is 2. The van der Waals surface area contributed by atoms with Crippen LogP contribution in [0, 0.1) is 16.3 Å². The molecule has 0 aliphatic carbocycles. The number of rotatable bonds is 6. The minimum atomic E-state index is -0.701. The molecule has 3 aromatic carbocycles. The Kier molecular flexibility index (Phi) is 7.06. The summed E-state index contributed by atoms with van der Waals surface area (Å²) in [6.45, 7) is 2.24. The standard InChI is InChI=1S/C28H25FIN5O3/c1-15-17(14-32-28(37)19-5-3-4-6-22(19)38-2)7-9-20(24(15)29)25-23(26(31)36)27-33-21-10-8-18(30)13-16(21)11-12-35(27)34-25/h3-10,13,33H,11-12,14H2,1-2H3,(H2,31,36)(H,32,37). The SMILES string of the molecule is COc1ccccc1C(=O)NCc1ccc(-c2nn3c(c2C(N)=O)Nc2ccc(I)cc2CC3)c(F)c1C. The monoisotopic (exact) mass is 625 g/mol. The Balaban J connectivity index is 1.46. The maximum absolute atomic E-state index is 15.7. The number of methoxy groups -OCH3 is 1. The number of para-hydroxylation sites is 1. The second-order valence-corrected chi connectivity index (χ2v) is 10.2. The quantitative estimate of drug-likeness (QED) is 0.263. The summed E-state index contributed by atoms with van der Waals surface area (Å²) in [5.41, 5.74) is 9.54. The predicted octanol–water partition coefficient (Wildman–Crippen LogP) is 4.94. The van der Waals surface area contributed by atoms with E-state index in [-0.39, 0.29) is 29.3 Å². The maximum atomic E-state index is 15.7. The Morgan fingerprint density at radius 1 is 1.21 bits per heavy atom. The highest BCUT2D eigenvalue weighted by Gasteiger charge is 2.28. The van der Waals surface area contributed by atoms with Crippen molar-refractivity contribution in [2.45, 2.75) is 26.4 Å². The van der Waals surface area contributed by atoms with Gasteiger partial charge in [0.25, 0.3) is 11.8 Å². The normalized spacial score (nSPS) is 12.1. The van der Waals surface area contributed by atoms with Crippen LogP contribution in [0.25, 0.3) is 11.3 Å². The van der Waals surface area contributed by atoms with Gasteiger partial charge < -0.3 is 21.1 Å². The number of nitrogens with two attached hydrogens (primary N) is 1.